The lowest BCUT2D eigenvalue weighted by atomic mass is 10.1. The van der Waals surface area contributed by atoms with Crippen molar-refractivity contribution in [2.24, 2.45) is 0 Å². The molecule has 0 atom stereocenters. The van der Waals surface area contributed by atoms with Gasteiger partial charge in [-0.3, -0.25) is 9.69 Å². The van der Waals surface area contributed by atoms with E-state index in [4.69, 9.17) is 0 Å². The molecule has 0 bridgehead atoms. The van der Waals surface area contributed by atoms with E-state index in [1.165, 1.54) is 0 Å². The van der Waals surface area contributed by atoms with Crippen LogP contribution < -0.4 is 10.6 Å². The van der Waals surface area contributed by atoms with Gasteiger partial charge in [0.25, 0.3) is 0 Å². The topological polar surface area (TPSA) is 44.4 Å². The van der Waals surface area contributed by atoms with Crippen molar-refractivity contribution >= 4 is 5.91 Å². The van der Waals surface area contributed by atoms with Crippen molar-refractivity contribution in [3.05, 3.63) is 0 Å². The van der Waals surface area contributed by atoms with Crippen LogP contribution in [0.2, 0.25) is 0 Å². The Balaban J connectivity index is 2.11. The monoisotopic (exact) mass is 185 g/mol. The van der Waals surface area contributed by atoms with Gasteiger partial charge in [0.15, 0.2) is 0 Å². The lowest BCUT2D eigenvalue weighted by Crippen LogP contribution is -2.61. The predicted molar refractivity (Wildman–Crippen MR) is 52.6 cm³/mol. The van der Waals surface area contributed by atoms with Crippen LogP contribution in [0.3, 0.4) is 0 Å². The zero-order valence-electron chi connectivity index (χ0n) is 8.63. The second-order valence-corrected chi connectivity index (χ2v) is 3.84. The number of amides is 1. The Morgan fingerprint density at radius 2 is 2.15 bits per heavy atom. The quantitative estimate of drug-likeness (QED) is 0.615. The molecule has 1 heterocycles. The van der Waals surface area contributed by atoms with E-state index in [-0.39, 0.29) is 5.91 Å². The summed E-state index contributed by atoms with van der Waals surface area (Å²) in [6.45, 7) is 6.75. The molecule has 1 rings (SSSR count). The van der Waals surface area contributed by atoms with Crippen molar-refractivity contribution in [1.29, 1.82) is 0 Å². The minimum Gasteiger partial charge on any atom is -0.350 e. The van der Waals surface area contributed by atoms with Crippen molar-refractivity contribution in [3.63, 3.8) is 0 Å². The normalized spacial score (nSPS) is 18.8. The molecule has 1 aliphatic rings. The van der Waals surface area contributed by atoms with Gasteiger partial charge < -0.3 is 10.6 Å². The number of hydrogen-bond donors (Lipinski definition) is 2. The predicted octanol–water partition coefficient (Wildman–Crippen LogP) is -0.585. The van der Waals surface area contributed by atoms with Crippen LogP contribution in [0, 0.1) is 0 Å². The highest BCUT2D eigenvalue weighted by Crippen LogP contribution is 2.10. The van der Waals surface area contributed by atoms with Crippen LogP contribution in [0.1, 0.15) is 13.8 Å². The third kappa shape index (κ3) is 2.97. The first-order valence-corrected chi connectivity index (χ1v) is 4.81. The molecule has 0 spiro atoms. The summed E-state index contributed by atoms with van der Waals surface area (Å²) in [6, 6.07) is 0.959. The van der Waals surface area contributed by atoms with Gasteiger partial charge in [0.2, 0.25) is 5.91 Å². The highest BCUT2D eigenvalue weighted by Gasteiger charge is 2.28. The number of carbonyl (C=O) groups excluding carboxylic acids is 1. The van der Waals surface area contributed by atoms with E-state index in [2.05, 4.69) is 29.4 Å². The van der Waals surface area contributed by atoms with Crippen molar-refractivity contribution in [3.8, 4) is 0 Å². The van der Waals surface area contributed by atoms with Crippen molar-refractivity contribution in [2.45, 2.75) is 25.9 Å². The SMILES string of the molecule is CNCC(=O)NC1CN(C(C)C)C1. The van der Waals surface area contributed by atoms with E-state index in [1.807, 2.05) is 0 Å². The molecule has 0 saturated carbocycles. The number of rotatable bonds is 4. The smallest absolute Gasteiger partial charge is 0.234 e. The fraction of sp³-hybridized carbons (Fsp3) is 0.889. The third-order valence-electron chi connectivity index (χ3n) is 2.34. The molecule has 13 heavy (non-hydrogen) atoms. The summed E-state index contributed by atoms with van der Waals surface area (Å²) in [7, 11) is 1.78. The Kier molecular flexibility index (Phi) is 3.69. The maximum Gasteiger partial charge on any atom is 0.234 e. The van der Waals surface area contributed by atoms with Gasteiger partial charge in [0.05, 0.1) is 12.6 Å². The first-order chi connectivity index (χ1) is 6.13. The molecule has 1 amide bonds. The van der Waals surface area contributed by atoms with E-state index in [1.54, 1.807) is 7.05 Å². The molecule has 0 unspecified atom stereocenters. The van der Waals surface area contributed by atoms with Gasteiger partial charge in [-0.2, -0.15) is 0 Å². The zero-order valence-corrected chi connectivity index (χ0v) is 8.63. The van der Waals surface area contributed by atoms with Crippen LogP contribution in [0.15, 0.2) is 0 Å². The molecule has 2 N–H and O–H groups in total. The number of likely N-dealkylation sites (tertiary alicyclic amines) is 1. The molecule has 4 nitrogen and oxygen atoms in total. The van der Waals surface area contributed by atoms with Crippen molar-refractivity contribution in [2.75, 3.05) is 26.7 Å². The molecule has 1 aliphatic heterocycles. The molecule has 0 aromatic rings. The van der Waals surface area contributed by atoms with Crippen LogP contribution in [0.5, 0.6) is 0 Å². The second-order valence-electron chi connectivity index (χ2n) is 3.84. The van der Waals surface area contributed by atoms with E-state index >= 15 is 0 Å². The lowest BCUT2D eigenvalue weighted by Gasteiger charge is -2.42. The summed E-state index contributed by atoms with van der Waals surface area (Å²) in [5.74, 6) is 0.0934. The summed E-state index contributed by atoms with van der Waals surface area (Å²) in [6.07, 6.45) is 0. The number of carbonyl (C=O) groups is 1. The Morgan fingerprint density at radius 3 is 2.62 bits per heavy atom. The van der Waals surface area contributed by atoms with Crippen molar-refractivity contribution < 1.29 is 4.79 Å². The van der Waals surface area contributed by atoms with Crippen LogP contribution in [-0.4, -0.2) is 49.6 Å². The van der Waals surface area contributed by atoms with E-state index < -0.39 is 0 Å². The average Bonchev–Trinajstić information content (AvgIpc) is 1.95. The van der Waals surface area contributed by atoms with Crippen LogP contribution >= 0.6 is 0 Å². The van der Waals surface area contributed by atoms with Gasteiger partial charge in [0.1, 0.15) is 0 Å². The number of nitrogens with one attached hydrogen (secondary N) is 2. The summed E-state index contributed by atoms with van der Waals surface area (Å²) in [4.78, 5) is 13.5. The van der Waals surface area contributed by atoms with Gasteiger partial charge in [-0.05, 0) is 20.9 Å². The van der Waals surface area contributed by atoms with E-state index in [9.17, 15) is 4.79 Å². The highest BCUT2D eigenvalue weighted by molar-refractivity contribution is 5.78. The van der Waals surface area contributed by atoms with Crippen molar-refractivity contribution in [1.82, 2.24) is 15.5 Å². The Labute approximate surface area is 79.7 Å². The first kappa shape index (κ1) is 10.5. The Hall–Kier alpha value is -0.610. The molecule has 0 aliphatic carbocycles. The summed E-state index contributed by atoms with van der Waals surface area (Å²) >= 11 is 0. The van der Waals surface area contributed by atoms with E-state index in [0.29, 0.717) is 18.6 Å². The summed E-state index contributed by atoms with van der Waals surface area (Å²) < 4.78 is 0. The number of hydrogen-bond acceptors (Lipinski definition) is 3. The molecular formula is C9H19N3O. The van der Waals surface area contributed by atoms with E-state index in [0.717, 1.165) is 13.1 Å². The molecule has 0 aromatic carbocycles. The van der Waals surface area contributed by atoms with Gasteiger partial charge in [-0.15, -0.1) is 0 Å². The van der Waals surface area contributed by atoms with Gasteiger partial charge >= 0.3 is 0 Å². The number of nitrogens with zero attached hydrogens (tertiary/aromatic N) is 1. The minimum atomic E-state index is 0.0934. The fourth-order valence-electron chi connectivity index (χ4n) is 1.46. The van der Waals surface area contributed by atoms with Crippen LogP contribution in [0.25, 0.3) is 0 Å². The molecule has 4 heteroatoms. The summed E-state index contributed by atoms with van der Waals surface area (Å²) in [5, 5.41) is 5.79. The average molecular weight is 185 g/mol. The van der Waals surface area contributed by atoms with Gasteiger partial charge in [-0.25, -0.2) is 0 Å². The molecular weight excluding hydrogens is 166 g/mol. The zero-order chi connectivity index (χ0) is 9.84. The molecule has 76 valence electrons. The molecule has 1 saturated heterocycles. The first-order valence-electron chi connectivity index (χ1n) is 4.81. The van der Waals surface area contributed by atoms with Crippen LogP contribution in [0.4, 0.5) is 0 Å². The molecule has 1 fully saturated rings. The molecule has 0 aromatic heterocycles. The maximum atomic E-state index is 11.1. The van der Waals surface area contributed by atoms with Gasteiger partial charge in [0, 0.05) is 19.1 Å². The minimum absolute atomic E-state index is 0.0934. The lowest BCUT2D eigenvalue weighted by molar-refractivity contribution is -0.122. The highest BCUT2D eigenvalue weighted by atomic mass is 16.2. The Morgan fingerprint density at radius 1 is 1.54 bits per heavy atom. The maximum absolute atomic E-state index is 11.1. The van der Waals surface area contributed by atoms with Gasteiger partial charge in [-0.1, -0.05) is 0 Å². The standard InChI is InChI=1S/C9H19N3O/c1-7(2)12-5-8(6-12)11-9(13)4-10-3/h7-8,10H,4-6H2,1-3H3,(H,11,13). The van der Waals surface area contributed by atoms with Crippen LogP contribution in [-0.2, 0) is 4.79 Å². The Bertz CT molecular complexity index is 176. The third-order valence-corrected chi connectivity index (χ3v) is 2.34. The number of likely N-dealkylation sites (N-methyl/N-ethyl adjacent to an activating group) is 1. The molecule has 0 radical (unpaired) electrons. The largest absolute Gasteiger partial charge is 0.350 e. The fourth-order valence-corrected chi connectivity index (χ4v) is 1.46. The summed E-state index contributed by atoms with van der Waals surface area (Å²) in [5.41, 5.74) is 0. The second kappa shape index (κ2) is 4.58.